The standard InChI is InChI=1S/C18H21N5O/c1-2-9-23-17(12-6-4-3-5-7-12)20-14-15(19)21-16(22-18(14)23)13-8-10-24-11-13/h3-7,13H,2,8-11H2,1H3,(H2,19,21,22). The first-order chi connectivity index (χ1) is 11.8. The molecule has 124 valence electrons. The van der Waals surface area contributed by atoms with E-state index in [1.807, 2.05) is 18.2 Å². The highest BCUT2D eigenvalue weighted by Gasteiger charge is 2.24. The minimum absolute atomic E-state index is 0.224. The quantitative estimate of drug-likeness (QED) is 0.798. The van der Waals surface area contributed by atoms with Crippen molar-refractivity contribution in [1.82, 2.24) is 19.5 Å². The number of ether oxygens (including phenoxy) is 1. The lowest BCUT2D eigenvalue weighted by Gasteiger charge is -2.10. The average Bonchev–Trinajstić information content (AvgIpc) is 3.25. The molecule has 1 aliphatic heterocycles. The number of hydrogen-bond acceptors (Lipinski definition) is 5. The zero-order valence-corrected chi connectivity index (χ0v) is 13.8. The molecule has 0 spiro atoms. The molecule has 6 heteroatoms. The van der Waals surface area contributed by atoms with Gasteiger partial charge in [-0.15, -0.1) is 0 Å². The molecular formula is C18H21N5O. The van der Waals surface area contributed by atoms with Gasteiger partial charge in [-0.1, -0.05) is 37.3 Å². The van der Waals surface area contributed by atoms with Crippen molar-refractivity contribution in [2.75, 3.05) is 18.9 Å². The van der Waals surface area contributed by atoms with Gasteiger partial charge in [0.05, 0.1) is 6.61 Å². The lowest BCUT2D eigenvalue weighted by molar-refractivity contribution is 0.193. The molecule has 0 bridgehead atoms. The van der Waals surface area contributed by atoms with E-state index in [0.717, 1.165) is 48.9 Å². The van der Waals surface area contributed by atoms with E-state index in [2.05, 4.69) is 28.6 Å². The smallest absolute Gasteiger partial charge is 0.166 e. The molecule has 6 nitrogen and oxygen atoms in total. The van der Waals surface area contributed by atoms with Gasteiger partial charge < -0.3 is 15.0 Å². The van der Waals surface area contributed by atoms with E-state index < -0.39 is 0 Å². The summed E-state index contributed by atoms with van der Waals surface area (Å²) in [6.07, 6.45) is 1.94. The zero-order chi connectivity index (χ0) is 16.5. The fourth-order valence-electron chi connectivity index (χ4n) is 3.20. The van der Waals surface area contributed by atoms with Crippen LogP contribution in [0.15, 0.2) is 30.3 Å². The molecule has 1 aromatic carbocycles. The van der Waals surface area contributed by atoms with Crippen LogP contribution in [0.5, 0.6) is 0 Å². The van der Waals surface area contributed by atoms with E-state index in [1.165, 1.54) is 0 Å². The Bertz CT molecular complexity index is 853. The molecule has 1 unspecified atom stereocenters. The molecular weight excluding hydrogens is 302 g/mol. The van der Waals surface area contributed by atoms with Gasteiger partial charge in [-0.2, -0.15) is 0 Å². The summed E-state index contributed by atoms with van der Waals surface area (Å²) in [5.41, 5.74) is 8.79. The number of anilines is 1. The van der Waals surface area contributed by atoms with Gasteiger partial charge in [-0.25, -0.2) is 15.0 Å². The van der Waals surface area contributed by atoms with E-state index in [-0.39, 0.29) is 5.92 Å². The van der Waals surface area contributed by atoms with E-state index in [9.17, 15) is 0 Å². The maximum absolute atomic E-state index is 6.21. The fraction of sp³-hybridized carbons (Fsp3) is 0.389. The fourth-order valence-corrected chi connectivity index (χ4v) is 3.20. The third kappa shape index (κ3) is 2.53. The van der Waals surface area contributed by atoms with Gasteiger partial charge >= 0.3 is 0 Å². The normalized spacial score (nSPS) is 17.6. The van der Waals surface area contributed by atoms with Crippen LogP contribution in [0.25, 0.3) is 22.6 Å². The largest absolute Gasteiger partial charge is 0.382 e. The van der Waals surface area contributed by atoms with Crippen molar-refractivity contribution in [3.63, 3.8) is 0 Å². The van der Waals surface area contributed by atoms with Gasteiger partial charge in [0.15, 0.2) is 17.0 Å². The van der Waals surface area contributed by atoms with Gasteiger partial charge in [0.2, 0.25) is 0 Å². The van der Waals surface area contributed by atoms with Crippen LogP contribution >= 0.6 is 0 Å². The number of nitrogen functional groups attached to an aromatic ring is 1. The summed E-state index contributed by atoms with van der Waals surface area (Å²) in [6, 6.07) is 10.1. The monoisotopic (exact) mass is 323 g/mol. The van der Waals surface area contributed by atoms with Crippen molar-refractivity contribution in [1.29, 1.82) is 0 Å². The van der Waals surface area contributed by atoms with Gasteiger partial charge in [-0.3, -0.25) is 0 Å². The molecule has 1 aliphatic rings. The highest BCUT2D eigenvalue weighted by molar-refractivity contribution is 5.85. The average molecular weight is 323 g/mol. The molecule has 24 heavy (non-hydrogen) atoms. The molecule has 3 aromatic rings. The van der Waals surface area contributed by atoms with Crippen LogP contribution in [0.3, 0.4) is 0 Å². The zero-order valence-electron chi connectivity index (χ0n) is 13.8. The maximum atomic E-state index is 6.21. The van der Waals surface area contributed by atoms with Gasteiger partial charge in [-0.05, 0) is 12.8 Å². The Labute approximate surface area is 140 Å². The Morgan fingerprint density at radius 3 is 2.75 bits per heavy atom. The lowest BCUT2D eigenvalue weighted by Crippen LogP contribution is -2.09. The molecule has 3 heterocycles. The number of aromatic nitrogens is 4. The molecule has 0 aliphatic carbocycles. The lowest BCUT2D eigenvalue weighted by atomic mass is 10.1. The number of rotatable bonds is 4. The first-order valence-electron chi connectivity index (χ1n) is 8.44. The van der Waals surface area contributed by atoms with Gasteiger partial charge in [0.1, 0.15) is 11.6 Å². The number of imidazole rings is 1. The van der Waals surface area contributed by atoms with E-state index in [0.29, 0.717) is 17.9 Å². The van der Waals surface area contributed by atoms with Crippen LogP contribution in [-0.2, 0) is 11.3 Å². The Kier molecular flexibility index (Phi) is 3.90. The molecule has 0 saturated carbocycles. The number of nitrogens with two attached hydrogens (primary N) is 1. The molecule has 2 aromatic heterocycles. The first-order valence-corrected chi connectivity index (χ1v) is 8.44. The maximum Gasteiger partial charge on any atom is 0.166 e. The van der Waals surface area contributed by atoms with Crippen molar-refractivity contribution in [3.8, 4) is 11.4 Å². The van der Waals surface area contributed by atoms with Gasteiger partial charge in [0, 0.05) is 24.6 Å². The first kappa shape index (κ1) is 15.1. The Hall–Kier alpha value is -2.47. The van der Waals surface area contributed by atoms with Crippen LogP contribution in [0.4, 0.5) is 5.82 Å². The van der Waals surface area contributed by atoms with E-state index in [4.69, 9.17) is 20.4 Å². The third-order valence-corrected chi connectivity index (χ3v) is 4.41. The van der Waals surface area contributed by atoms with Crippen LogP contribution in [0, 0.1) is 0 Å². The Morgan fingerprint density at radius 1 is 1.21 bits per heavy atom. The van der Waals surface area contributed by atoms with E-state index in [1.54, 1.807) is 0 Å². The third-order valence-electron chi connectivity index (χ3n) is 4.41. The predicted molar refractivity (Wildman–Crippen MR) is 93.6 cm³/mol. The molecule has 2 N–H and O–H groups in total. The molecule has 1 fully saturated rings. The Balaban J connectivity index is 1.91. The van der Waals surface area contributed by atoms with Crippen molar-refractivity contribution >= 4 is 17.0 Å². The molecule has 0 radical (unpaired) electrons. The summed E-state index contributed by atoms with van der Waals surface area (Å²) in [6.45, 7) is 4.42. The highest BCUT2D eigenvalue weighted by atomic mass is 16.5. The second kappa shape index (κ2) is 6.20. The number of aryl methyl sites for hydroxylation is 1. The molecule has 0 amide bonds. The number of benzene rings is 1. The van der Waals surface area contributed by atoms with Crippen molar-refractivity contribution in [2.24, 2.45) is 0 Å². The minimum atomic E-state index is 0.224. The summed E-state index contributed by atoms with van der Waals surface area (Å²) in [4.78, 5) is 14.1. The second-order valence-electron chi connectivity index (χ2n) is 6.15. The van der Waals surface area contributed by atoms with E-state index >= 15 is 0 Å². The van der Waals surface area contributed by atoms with Crippen molar-refractivity contribution < 1.29 is 4.74 Å². The second-order valence-corrected chi connectivity index (χ2v) is 6.15. The molecule has 1 saturated heterocycles. The topological polar surface area (TPSA) is 78.9 Å². The predicted octanol–water partition coefficient (Wildman–Crippen LogP) is 2.99. The highest BCUT2D eigenvalue weighted by Crippen LogP contribution is 2.29. The van der Waals surface area contributed by atoms with Crippen LogP contribution in [0.1, 0.15) is 31.5 Å². The SMILES string of the molecule is CCCn1c(-c2ccccc2)nc2c(N)nc(C3CCOC3)nc21. The van der Waals surface area contributed by atoms with Crippen LogP contribution in [-0.4, -0.2) is 32.7 Å². The number of hydrogen-bond donors (Lipinski definition) is 1. The van der Waals surface area contributed by atoms with Crippen LogP contribution in [0.2, 0.25) is 0 Å². The van der Waals surface area contributed by atoms with Crippen molar-refractivity contribution in [2.45, 2.75) is 32.2 Å². The van der Waals surface area contributed by atoms with Crippen LogP contribution < -0.4 is 5.73 Å². The summed E-state index contributed by atoms with van der Waals surface area (Å²) in [5, 5.41) is 0. The summed E-state index contributed by atoms with van der Waals surface area (Å²) in [5.74, 6) is 2.35. The number of nitrogens with zero attached hydrogens (tertiary/aromatic N) is 4. The van der Waals surface area contributed by atoms with Crippen molar-refractivity contribution in [3.05, 3.63) is 36.2 Å². The summed E-state index contributed by atoms with van der Waals surface area (Å²) in [7, 11) is 0. The minimum Gasteiger partial charge on any atom is -0.382 e. The molecule has 4 rings (SSSR count). The van der Waals surface area contributed by atoms with Gasteiger partial charge in [0.25, 0.3) is 0 Å². The number of fused-ring (bicyclic) bond motifs is 1. The summed E-state index contributed by atoms with van der Waals surface area (Å²) >= 11 is 0. The Morgan fingerprint density at radius 2 is 2.04 bits per heavy atom. The molecule has 1 atom stereocenters. The summed E-state index contributed by atoms with van der Waals surface area (Å²) < 4.78 is 7.63.